The number of nitrogens with zero attached hydrogens (tertiary/aromatic N) is 1. The first kappa shape index (κ1) is 15.7. The van der Waals surface area contributed by atoms with Crippen LogP contribution in [0.15, 0.2) is 37.6 Å². The lowest BCUT2D eigenvalue weighted by atomic mass is 10.4. The van der Waals surface area contributed by atoms with Gasteiger partial charge in [-0.15, -0.1) is 11.3 Å². The van der Waals surface area contributed by atoms with Crippen LogP contribution in [0.25, 0.3) is 0 Å². The van der Waals surface area contributed by atoms with Crippen LogP contribution in [-0.4, -0.2) is 24.4 Å². The molecule has 0 saturated heterocycles. The molecule has 0 unspecified atom stereocenters. The summed E-state index contributed by atoms with van der Waals surface area (Å²) >= 11 is 4.46. The Bertz CT molecular complexity index is 664. The lowest BCUT2D eigenvalue weighted by Crippen LogP contribution is -2.30. The summed E-state index contributed by atoms with van der Waals surface area (Å²) in [4.78, 5) is 0.782. The molecule has 110 valence electrons. The highest BCUT2D eigenvalue weighted by Crippen LogP contribution is 2.34. The highest BCUT2D eigenvalue weighted by atomic mass is 79.9. The van der Waals surface area contributed by atoms with Crippen molar-refractivity contribution < 1.29 is 17.9 Å². The lowest BCUT2D eigenvalue weighted by Gasteiger charge is -2.18. The fraction of sp³-hybridized carbons (Fsp3) is 0.333. The number of thiophene rings is 1. The first-order valence-corrected chi connectivity index (χ1v) is 8.95. The van der Waals surface area contributed by atoms with Crippen molar-refractivity contribution in [3.05, 3.63) is 38.9 Å². The fourth-order valence-corrected chi connectivity index (χ4v) is 5.64. The van der Waals surface area contributed by atoms with Crippen LogP contribution in [0.3, 0.4) is 0 Å². The monoisotopic (exact) mass is 379 g/mol. The Labute approximate surface area is 130 Å². The molecule has 1 N–H and O–H groups in total. The van der Waals surface area contributed by atoms with E-state index in [0.717, 1.165) is 0 Å². The average Bonchev–Trinajstić information content (AvgIpc) is 3.04. The molecule has 0 spiro atoms. The smallest absolute Gasteiger partial charge is 0.245 e. The molecule has 0 radical (unpaired) electrons. The molecule has 2 rings (SSSR count). The van der Waals surface area contributed by atoms with E-state index >= 15 is 0 Å². The van der Waals surface area contributed by atoms with Gasteiger partial charge in [-0.1, -0.05) is 6.92 Å². The first-order valence-electron chi connectivity index (χ1n) is 5.90. The van der Waals surface area contributed by atoms with Crippen molar-refractivity contribution >= 4 is 37.3 Å². The maximum Gasteiger partial charge on any atom is 0.245 e. The van der Waals surface area contributed by atoms with E-state index in [2.05, 4.69) is 15.9 Å². The number of furan rings is 1. The second-order valence-electron chi connectivity index (χ2n) is 4.02. The predicted molar refractivity (Wildman–Crippen MR) is 79.9 cm³/mol. The molecule has 0 fully saturated rings. The van der Waals surface area contributed by atoms with Crippen LogP contribution < -0.4 is 0 Å². The summed E-state index contributed by atoms with van der Waals surface area (Å²) in [7, 11) is -3.62. The number of hydrogen-bond donors (Lipinski definition) is 1. The first-order chi connectivity index (χ1) is 9.48. The van der Waals surface area contributed by atoms with Crippen LogP contribution in [0, 0.1) is 0 Å². The third kappa shape index (κ3) is 3.15. The summed E-state index contributed by atoms with van der Waals surface area (Å²) in [6.45, 7) is 2.11. The highest BCUT2D eigenvalue weighted by molar-refractivity contribution is 9.11. The molecule has 2 aromatic rings. The van der Waals surface area contributed by atoms with Gasteiger partial charge < -0.3 is 9.52 Å². The number of sulfonamides is 1. The van der Waals surface area contributed by atoms with Gasteiger partial charge in [0.1, 0.15) is 10.7 Å². The van der Waals surface area contributed by atoms with Crippen molar-refractivity contribution in [2.45, 2.75) is 25.0 Å². The van der Waals surface area contributed by atoms with Gasteiger partial charge in [0.15, 0.2) is 0 Å². The Morgan fingerprint density at radius 2 is 2.25 bits per heavy atom. The van der Waals surface area contributed by atoms with Gasteiger partial charge in [0, 0.05) is 11.4 Å². The summed E-state index contributed by atoms with van der Waals surface area (Å²) in [5, 5.41) is 9.11. The molecule has 20 heavy (non-hydrogen) atoms. The Kier molecular flexibility index (Phi) is 5.03. The molecular weight excluding hydrogens is 366 g/mol. The standard InChI is InChI=1S/C12H14BrNO4S2/c1-2-14(7-9-4-3-5-18-9)20(16,17)11-6-10(8-15)19-12(11)13/h3-6,15H,2,7-8H2,1H3. The quantitative estimate of drug-likeness (QED) is 0.837. The van der Waals surface area contributed by atoms with Crippen LogP contribution >= 0.6 is 27.3 Å². The van der Waals surface area contributed by atoms with E-state index in [0.29, 0.717) is 21.0 Å². The van der Waals surface area contributed by atoms with Crippen LogP contribution in [0.1, 0.15) is 17.6 Å². The van der Waals surface area contributed by atoms with E-state index in [4.69, 9.17) is 9.52 Å². The van der Waals surface area contributed by atoms with E-state index in [1.807, 2.05) is 0 Å². The van der Waals surface area contributed by atoms with E-state index in [9.17, 15) is 8.42 Å². The molecule has 0 aliphatic carbocycles. The van der Waals surface area contributed by atoms with Crippen molar-refractivity contribution in [3.63, 3.8) is 0 Å². The molecule has 0 amide bonds. The topological polar surface area (TPSA) is 70.8 Å². The molecule has 0 saturated carbocycles. The van der Waals surface area contributed by atoms with E-state index in [1.165, 1.54) is 28.0 Å². The maximum absolute atomic E-state index is 12.6. The van der Waals surface area contributed by atoms with Crippen molar-refractivity contribution in [3.8, 4) is 0 Å². The summed E-state index contributed by atoms with van der Waals surface area (Å²) in [6.07, 6.45) is 1.51. The van der Waals surface area contributed by atoms with Gasteiger partial charge in [0.05, 0.1) is 23.2 Å². The van der Waals surface area contributed by atoms with Crippen molar-refractivity contribution in [2.75, 3.05) is 6.54 Å². The van der Waals surface area contributed by atoms with Gasteiger partial charge in [-0.3, -0.25) is 0 Å². The minimum Gasteiger partial charge on any atom is -0.468 e. The van der Waals surface area contributed by atoms with E-state index in [-0.39, 0.29) is 18.0 Å². The number of halogens is 1. The zero-order chi connectivity index (χ0) is 14.8. The number of rotatable bonds is 6. The molecule has 2 heterocycles. The molecule has 8 heteroatoms. The molecule has 0 atom stereocenters. The third-order valence-corrected chi connectivity index (χ3v) is 6.90. The Balaban J connectivity index is 2.33. The Hall–Kier alpha value is -0.670. The second-order valence-corrected chi connectivity index (χ2v) is 8.38. The number of aliphatic hydroxyl groups is 1. The Morgan fingerprint density at radius 3 is 2.75 bits per heavy atom. The third-order valence-electron chi connectivity index (χ3n) is 2.75. The zero-order valence-corrected chi connectivity index (χ0v) is 14.0. The largest absolute Gasteiger partial charge is 0.468 e. The minimum absolute atomic E-state index is 0.177. The number of aliphatic hydroxyl groups excluding tert-OH is 1. The van der Waals surface area contributed by atoms with Gasteiger partial charge in [-0.25, -0.2) is 8.42 Å². The van der Waals surface area contributed by atoms with Crippen LogP contribution in [-0.2, 0) is 23.2 Å². The zero-order valence-electron chi connectivity index (χ0n) is 10.7. The highest BCUT2D eigenvalue weighted by Gasteiger charge is 2.28. The van der Waals surface area contributed by atoms with Crippen LogP contribution in [0.5, 0.6) is 0 Å². The van der Waals surface area contributed by atoms with Gasteiger partial charge in [-0.05, 0) is 34.1 Å². The molecule has 5 nitrogen and oxygen atoms in total. The summed E-state index contributed by atoms with van der Waals surface area (Å²) < 4.78 is 32.3. The van der Waals surface area contributed by atoms with Gasteiger partial charge in [-0.2, -0.15) is 4.31 Å². The van der Waals surface area contributed by atoms with Crippen LogP contribution in [0.4, 0.5) is 0 Å². The van der Waals surface area contributed by atoms with E-state index < -0.39 is 10.0 Å². The maximum atomic E-state index is 12.6. The number of hydrogen-bond acceptors (Lipinski definition) is 5. The molecule has 2 aromatic heterocycles. The van der Waals surface area contributed by atoms with Gasteiger partial charge in [0.25, 0.3) is 0 Å². The summed E-state index contributed by atoms with van der Waals surface area (Å²) in [5.74, 6) is 0.587. The van der Waals surface area contributed by atoms with Crippen molar-refractivity contribution in [2.24, 2.45) is 0 Å². The minimum atomic E-state index is -3.62. The van der Waals surface area contributed by atoms with Crippen molar-refractivity contribution in [1.82, 2.24) is 4.31 Å². The molecule has 0 aliphatic heterocycles. The molecule has 0 bridgehead atoms. The SMILES string of the molecule is CCN(Cc1ccco1)S(=O)(=O)c1cc(CO)sc1Br. The lowest BCUT2D eigenvalue weighted by molar-refractivity contribution is 0.285. The normalized spacial score (nSPS) is 12.2. The average molecular weight is 380 g/mol. The summed E-state index contributed by atoms with van der Waals surface area (Å²) in [5.41, 5.74) is 0. The predicted octanol–water partition coefficient (Wildman–Crippen LogP) is 2.81. The second kappa shape index (κ2) is 6.40. The molecule has 0 aliphatic rings. The molecule has 0 aromatic carbocycles. The van der Waals surface area contributed by atoms with Crippen LogP contribution in [0.2, 0.25) is 0 Å². The molecular formula is C12H14BrNO4S2. The van der Waals surface area contributed by atoms with Crippen molar-refractivity contribution in [1.29, 1.82) is 0 Å². The van der Waals surface area contributed by atoms with Gasteiger partial charge in [0.2, 0.25) is 10.0 Å². The van der Waals surface area contributed by atoms with E-state index in [1.54, 1.807) is 19.1 Å². The fourth-order valence-electron chi connectivity index (χ4n) is 1.73. The Morgan fingerprint density at radius 1 is 1.50 bits per heavy atom. The van der Waals surface area contributed by atoms with Gasteiger partial charge >= 0.3 is 0 Å². The summed E-state index contributed by atoms with van der Waals surface area (Å²) in [6, 6.07) is 4.95.